The van der Waals surface area contributed by atoms with E-state index in [0.29, 0.717) is 17.3 Å². The van der Waals surface area contributed by atoms with E-state index in [2.05, 4.69) is 51.7 Å². The van der Waals surface area contributed by atoms with E-state index >= 15 is 0 Å². The largest absolute Gasteiger partial charge is 0.354 e. The fourth-order valence-corrected chi connectivity index (χ4v) is 6.16. The van der Waals surface area contributed by atoms with Crippen molar-refractivity contribution in [3.8, 4) is 0 Å². The van der Waals surface area contributed by atoms with E-state index in [1.165, 1.54) is 36.9 Å². The summed E-state index contributed by atoms with van der Waals surface area (Å²) in [5.74, 6) is 1.61. The predicted molar refractivity (Wildman–Crippen MR) is 128 cm³/mol. The molecule has 0 radical (unpaired) electrons. The van der Waals surface area contributed by atoms with Crippen LogP contribution in [0.1, 0.15) is 69.9 Å². The van der Waals surface area contributed by atoms with Gasteiger partial charge in [0.15, 0.2) is 5.96 Å². The lowest BCUT2D eigenvalue weighted by molar-refractivity contribution is 0.152. The number of hydrogen-bond donors (Lipinski definition) is 2. The molecular formula is C24H40N4OS. The zero-order valence-electron chi connectivity index (χ0n) is 19.0. The molecule has 1 aliphatic carbocycles. The van der Waals surface area contributed by atoms with E-state index in [9.17, 15) is 4.21 Å². The van der Waals surface area contributed by atoms with Gasteiger partial charge in [0.1, 0.15) is 0 Å². The van der Waals surface area contributed by atoms with Gasteiger partial charge in [0, 0.05) is 54.0 Å². The van der Waals surface area contributed by atoms with Crippen LogP contribution in [0.15, 0.2) is 29.3 Å². The topological polar surface area (TPSA) is 56.7 Å². The summed E-state index contributed by atoms with van der Waals surface area (Å²) in [7, 11) is 1.14. The van der Waals surface area contributed by atoms with Crippen molar-refractivity contribution in [2.24, 2.45) is 4.99 Å². The number of hydrogen-bond acceptors (Lipinski definition) is 3. The highest BCUT2D eigenvalue weighted by molar-refractivity contribution is 7.85. The lowest BCUT2D eigenvalue weighted by Gasteiger charge is -2.34. The quantitative estimate of drug-likeness (QED) is 0.508. The summed E-state index contributed by atoms with van der Waals surface area (Å²) in [6.07, 6.45) is 8.31. The summed E-state index contributed by atoms with van der Waals surface area (Å²) in [5, 5.41) is 7.44. The van der Waals surface area contributed by atoms with Gasteiger partial charge in [-0.05, 0) is 56.7 Å². The molecule has 1 saturated carbocycles. The molecule has 0 aromatic heterocycles. The smallest absolute Gasteiger partial charge is 0.191 e. The zero-order valence-corrected chi connectivity index (χ0v) is 19.8. The van der Waals surface area contributed by atoms with E-state index in [4.69, 9.17) is 0 Å². The molecule has 4 unspecified atom stereocenters. The third-order valence-electron chi connectivity index (χ3n) is 6.73. The van der Waals surface area contributed by atoms with Gasteiger partial charge in [0.25, 0.3) is 0 Å². The summed E-state index contributed by atoms with van der Waals surface area (Å²) in [5.41, 5.74) is 2.75. The monoisotopic (exact) mass is 432 g/mol. The van der Waals surface area contributed by atoms with Crippen LogP contribution in [0.25, 0.3) is 0 Å². The molecule has 168 valence electrons. The lowest BCUT2D eigenvalue weighted by atomic mass is 9.95. The SMILES string of the molecule is CCS(=O)C1CCCC(NC(=NC)NCc2ccccc2CN2CCCCC2C)C1. The Kier molecular flexibility index (Phi) is 9.19. The van der Waals surface area contributed by atoms with Gasteiger partial charge in [-0.25, -0.2) is 0 Å². The molecule has 1 aromatic rings. The molecule has 1 aromatic carbocycles. The average Bonchev–Trinajstić information content (AvgIpc) is 2.78. The van der Waals surface area contributed by atoms with Crippen molar-refractivity contribution < 1.29 is 4.21 Å². The highest BCUT2D eigenvalue weighted by atomic mass is 32.2. The number of nitrogens with one attached hydrogen (secondary N) is 2. The molecule has 2 fully saturated rings. The summed E-state index contributed by atoms with van der Waals surface area (Å²) >= 11 is 0. The maximum Gasteiger partial charge on any atom is 0.191 e. The first-order valence-corrected chi connectivity index (χ1v) is 13.1. The highest BCUT2D eigenvalue weighted by Crippen LogP contribution is 2.23. The van der Waals surface area contributed by atoms with Crippen LogP contribution in [0.3, 0.4) is 0 Å². The van der Waals surface area contributed by atoms with Gasteiger partial charge in [-0.3, -0.25) is 14.1 Å². The molecule has 3 rings (SSSR count). The second-order valence-corrected chi connectivity index (χ2v) is 10.8. The Morgan fingerprint density at radius 1 is 1.17 bits per heavy atom. The Morgan fingerprint density at radius 2 is 1.97 bits per heavy atom. The van der Waals surface area contributed by atoms with Crippen LogP contribution in [0.2, 0.25) is 0 Å². The molecule has 0 bridgehead atoms. The molecule has 30 heavy (non-hydrogen) atoms. The molecule has 5 nitrogen and oxygen atoms in total. The van der Waals surface area contributed by atoms with Gasteiger partial charge in [0.05, 0.1) is 0 Å². The first-order chi connectivity index (χ1) is 14.6. The number of rotatable bonds is 7. The minimum Gasteiger partial charge on any atom is -0.354 e. The standard InChI is InChI=1S/C24H40N4OS/c1-4-30(29)23-14-9-13-22(16-23)27-24(25-3)26-17-20-11-5-6-12-21(20)18-28-15-8-7-10-19(28)2/h5-6,11-12,19,22-23H,4,7-10,13-18H2,1-3H3,(H2,25,26,27). The number of piperidine rings is 1. The van der Waals surface area contributed by atoms with E-state index in [0.717, 1.165) is 50.5 Å². The molecule has 2 aliphatic rings. The van der Waals surface area contributed by atoms with E-state index in [1.54, 1.807) is 0 Å². The molecular weight excluding hydrogens is 392 g/mol. The van der Waals surface area contributed by atoms with Crippen molar-refractivity contribution in [2.75, 3.05) is 19.3 Å². The van der Waals surface area contributed by atoms with Crippen LogP contribution in [-0.2, 0) is 23.9 Å². The zero-order chi connectivity index (χ0) is 21.3. The van der Waals surface area contributed by atoms with Crippen molar-refractivity contribution in [1.29, 1.82) is 0 Å². The van der Waals surface area contributed by atoms with Crippen molar-refractivity contribution in [2.45, 2.75) is 89.2 Å². The fraction of sp³-hybridized carbons (Fsp3) is 0.708. The summed E-state index contributed by atoms with van der Waals surface area (Å²) in [6, 6.07) is 9.79. The third-order valence-corrected chi connectivity index (χ3v) is 8.47. The number of aliphatic imine (C=N–C) groups is 1. The van der Waals surface area contributed by atoms with Crippen molar-refractivity contribution >= 4 is 16.8 Å². The van der Waals surface area contributed by atoms with Crippen LogP contribution in [0, 0.1) is 0 Å². The molecule has 6 heteroatoms. The first kappa shape index (κ1) is 23.3. The van der Waals surface area contributed by atoms with Gasteiger partial charge < -0.3 is 10.6 Å². The first-order valence-electron chi connectivity index (χ1n) is 11.8. The van der Waals surface area contributed by atoms with E-state index < -0.39 is 10.8 Å². The van der Waals surface area contributed by atoms with Crippen LogP contribution in [0.4, 0.5) is 0 Å². The summed E-state index contributed by atoms with van der Waals surface area (Å²) in [6.45, 7) is 7.38. The lowest BCUT2D eigenvalue weighted by Crippen LogP contribution is -2.46. The van der Waals surface area contributed by atoms with E-state index in [-0.39, 0.29) is 0 Å². The number of nitrogens with zero attached hydrogens (tertiary/aromatic N) is 2. The Labute approximate surface area is 185 Å². The molecule has 4 atom stereocenters. The number of likely N-dealkylation sites (tertiary alicyclic amines) is 1. The second kappa shape index (κ2) is 11.8. The molecule has 0 spiro atoms. The van der Waals surface area contributed by atoms with Crippen LogP contribution in [0.5, 0.6) is 0 Å². The van der Waals surface area contributed by atoms with Gasteiger partial charge in [-0.2, -0.15) is 0 Å². The van der Waals surface area contributed by atoms with Crippen molar-refractivity contribution in [3.63, 3.8) is 0 Å². The minimum atomic E-state index is -0.699. The molecule has 2 N–H and O–H groups in total. The fourth-order valence-electron chi connectivity index (χ4n) is 4.81. The Balaban J connectivity index is 1.55. The number of guanidine groups is 1. The Bertz CT molecular complexity index is 723. The van der Waals surface area contributed by atoms with Crippen LogP contribution < -0.4 is 10.6 Å². The van der Waals surface area contributed by atoms with Gasteiger partial charge in [0.2, 0.25) is 0 Å². The van der Waals surface area contributed by atoms with Crippen LogP contribution >= 0.6 is 0 Å². The Morgan fingerprint density at radius 3 is 2.70 bits per heavy atom. The average molecular weight is 433 g/mol. The van der Waals surface area contributed by atoms with Gasteiger partial charge in [-0.15, -0.1) is 0 Å². The van der Waals surface area contributed by atoms with Gasteiger partial charge >= 0.3 is 0 Å². The second-order valence-electron chi connectivity index (χ2n) is 8.81. The minimum absolute atomic E-state index is 0.326. The molecule has 1 saturated heterocycles. The van der Waals surface area contributed by atoms with Crippen LogP contribution in [-0.4, -0.2) is 51.7 Å². The Hall–Kier alpha value is -1.40. The molecule has 0 amide bonds. The summed E-state index contributed by atoms with van der Waals surface area (Å²) in [4.78, 5) is 7.07. The predicted octanol–water partition coefficient (Wildman–Crippen LogP) is 3.81. The summed E-state index contributed by atoms with van der Waals surface area (Å²) < 4.78 is 12.2. The van der Waals surface area contributed by atoms with E-state index in [1.807, 2.05) is 14.0 Å². The maximum absolute atomic E-state index is 12.2. The van der Waals surface area contributed by atoms with Crippen molar-refractivity contribution in [1.82, 2.24) is 15.5 Å². The molecule has 1 heterocycles. The molecule has 1 aliphatic heterocycles. The highest BCUT2D eigenvalue weighted by Gasteiger charge is 2.26. The third kappa shape index (κ3) is 6.55. The maximum atomic E-state index is 12.2. The van der Waals surface area contributed by atoms with Crippen molar-refractivity contribution in [3.05, 3.63) is 35.4 Å². The number of benzene rings is 1. The van der Waals surface area contributed by atoms with Gasteiger partial charge in [-0.1, -0.05) is 44.0 Å². The normalized spacial score (nSPS) is 26.9.